The van der Waals surface area contributed by atoms with Crippen LogP contribution in [0.2, 0.25) is 0 Å². The highest BCUT2D eigenvalue weighted by Gasteiger charge is 2.43. The fourth-order valence-electron chi connectivity index (χ4n) is 3.74. The number of carboxylic acid groups (broad SMARTS) is 1. The molecule has 0 radical (unpaired) electrons. The average Bonchev–Trinajstić information content (AvgIpc) is 2.62. The number of nitrogens with zero attached hydrogens (tertiary/aromatic N) is 1. The number of hydrogen-bond acceptors (Lipinski definition) is 3. The van der Waals surface area contributed by atoms with Crippen molar-refractivity contribution in [2.24, 2.45) is 5.73 Å². The molecule has 0 atom stereocenters. The third kappa shape index (κ3) is 3.63. The lowest BCUT2D eigenvalue weighted by Gasteiger charge is -2.39. The Morgan fingerprint density at radius 3 is 2.42 bits per heavy atom. The fourth-order valence-corrected chi connectivity index (χ4v) is 3.74. The third-order valence-electron chi connectivity index (χ3n) is 5.31. The summed E-state index contributed by atoms with van der Waals surface area (Å²) in [5, 5.41) is 9.94. The predicted octanol–water partition coefficient (Wildman–Crippen LogP) is 2.71. The highest BCUT2D eigenvalue weighted by atomic mass is 16.4. The van der Waals surface area contributed by atoms with Gasteiger partial charge in [0.2, 0.25) is 5.91 Å². The molecule has 0 aromatic heterocycles. The van der Waals surface area contributed by atoms with Gasteiger partial charge in [0.15, 0.2) is 0 Å². The lowest BCUT2D eigenvalue weighted by Crippen LogP contribution is -2.47. The van der Waals surface area contributed by atoms with Crippen molar-refractivity contribution in [3.63, 3.8) is 0 Å². The second kappa shape index (κ2) is 7.30. The Kier molecular flexibility index (Phi) is 5.09. The molecule has 3 rings (SSSR count). The lowest BCUT2D eigenvalue weighted by atomic mass is 9.72. The molecule has 2 aromatic carbocycles. The Hall–Kier alpha value is -2.66. The van der Waals surface area contributed by atoms with Crippen LogP contribution in [0.1, 0.15) is 39.9 Å². The number of aryl methyl sites for hydroxylation is 1. The van der Waals surface area contributed by atoms with Gasteiger partial charge in [-0.1, -0.05) is 42.0 Å². The van der Waals surface area contributed by atoms with Gasteiger partial charge in [-0.3, -0.25) is 14.5 Å². The zero-order chi connectivity index (χ0) is 18.7. The number of primary amides is 1. The van der Waals surface area contributed by atoms with E-state index in [9.17, 15) is 14.7 Å². The molecular weight excluding hydrogens is 328 g/mol. The molecule has 5 nitrogen and oxygen atoms in total. The molecule has 5 heteroatoms. The van der Waals surface area contributed by atoms with Gasteiger partial charge in [-0.05, 0) is 56.1 Å². The topological polar surface area (TPSA) is 83.6 Å². The summed E-state index contributed by atoms with van der Waals surface area (Å²) in [7, 11) is 0. The Labute approximate surface area is 153 Å². The van der Waals surface area contributed by atoms with Crippen molar-refractivity contribution in [2.45, 2.75) is 31.7 Å². The molecule has 136 valence electrons. The normalized spacial score (nSPS) is 17.0. The van der Waals surface area contributed by atoms with E-state index in [2.05, 4.69) is 4.90 Å². The van der Waals surface area contributed by atoms with Crippen molar-refractivity contribution in [1.29, 1.82) is 0 Å². The van der Waals surface area contributed by atoms with Gasteiger partial charge in [0.25, 0.3) is 0 Å². The number of carboxylic acids is 1. The third-order valence-corrected chi connectivity index (χ3v) is 5.31. The summed E-state index contributed by atoms with van der Waals surface area (Å²) in [6.45, 7) is 4.06. The quantitative estimate of drug-likeness (QED) is 0.867. The number of carbonyl (C=O) groups is 2. The minimum Gasteiger partial charge on any atom is -0.481 e. The molecule has 1 aliphatic heterocycles. The van der Waals surface area contributed by atoms with E-state index in [1.54, 1.807) is 6.07 Å². The number of hydrogen-bond donors (Lipinski definition) is 2. The predicted molar refractivity (Wildman–Crippen MR) is 100.0 cm³/mol. The van der Waals surface area contributed by atoms with Gasteiger partial charge in [-0.2, -0.15) is 0 Å². The molecule has 0 saturated carbocycles. The summed E-state index contributed by atoms with van der Waals surface area (Å²) >= 11 is 0. The van der Waals surface area contributed by atoms with Gasteiger partial charge in [0.1, 0.15) is 0 Å². The van der Waals surface area contributed by atoms with Crippen LogP contribution in [0.3, 0.4) is 0 Å². The van der Waals surface area contributed by atoms with Gasteiger partial charge in [-0.15, -0.1) is 0 Å². The summed E-state index contributed by atoms with van der Waals surface area (Å²) < 4.78 is 0. The lowest BCUT2D eigenvalue weighted by molar-refractivity contribution is -0.146. The number of aliphatic carboxylic acids is 1. The van der Waals surface area contributed by atoms with Crippen LogP contribution in [-0.2, 0) is 16.8 Å². The second-order valence-corrected chi connectivity index (χ2v) is 7.10. The maximum absolute atomic E-state index is 12.1. The number of amides is 1. The van der Waals surface area contributed by atoms with E-state index in [0.717, 1.165) is 16.7 Å². The first-order valence-corrected chi connectivity index (χ1v) is 8.82. The number of benzene rings is 2. The Bertz CT molecular complexity index is 824. The first-order chi connectivity index (χ1) is 12.4. The first-order valence-electron chi connectivity index (χ1n) is 8.82. The molecule has 3 N–H and O–H groups in total. The fraction of sp³-hybridized carbons (Fsp3) is 0.333. The van der Waals surface area contributed by atoms with E-state index >= 15 is 0 Å². The van der Waals surface area contributed by atoms with Crippen LogP contribution in [0.25, 0.3) is 0 Å². The van der Waals surface area contributed by atoms with Gasteiger partial charge in [-0.25, -0.2) is 0 Å². The van der Waals surface area contributed by atoms with E-state index in [1.807, 2.05) is 49.4 Å². The highest BCUT2D eigenvalue weighted by Crippen LogP contribution is 2.36. The van der Waals surface area contributed by atoms with E-state index in [1.165, 1.54) is 0 Å². The molecule has 0 unspecified atom stereocenters. The minimum atomic E-state index is -0.822. The van der Waals surface area contributed by atoms with Crippen LogP contribution >= 0.6 is 0 Å². The van der Waals surface area contributed by atoms with E-state index < -0.39 is 17.3 Å². The van der Waals surface area contributed by atoms with Crippen LogP contribution in [0.4, 0.5) is 0 Å². The number of rotatable bonds is 5. The summed E-state index contributed by atoms with van der Waals surface area (Å²) in [5.74, 6) is -1.19. The van der Waals surface area contributed by atoms with Crippen LogP contribution in [0.15, 0.2) is 48.5 Å². The van der Waals surface area contributed by atoms with Crippen molar-refractivity contribution in [1.82, 2.24) is 4.90 Å². The smallest absolute Gasteiger partial charge is 0.314 e. The molecular formula is C21H24N2O3. The van der Waals surface area contributed by atoms with Crippen LogP contribution < -0.4 is 5.73 Å². The van der Waals surface area contributed by atoms with Crippen molar-refractivity contribution in [3.8, 4) is 0 Å². The van der Waals surface area contributed by atoms with E-state index in [0.29, 0.717) is 38.0 Å². The summed E-state index contributed by atoms with van der Waals surface area (Å²) in [6.07, 6.45) is 1.14. The maximum atomic E-state index is 12.1. The van der Waals surface area contributed by atoms with Crippen molar-refractivity contribution >= 4 is 11.9 Å². The SMILES string of the molecule is Cc1cccc(C2(C(=O)O)CCN(Cc3cccc(C(N)=O)c3)CC2)c1. The molecule has 26 heavy (non-hydrogen) atoms. The summed E-state index contributed by atoms with van der Waals surface area (Å²) in [4.78, 5) is 25.7. The molecule has 1 saturated heterocycles. The largest absolute Gasteiger partial charge is 0.481 e. The Morgan fingerprint density at radius 1 is 1.12 bits per heavy atom. The van der Waals surface area contributed by atoms with Gasteiger partial charge < -0.3 is 10.8 Å². The molecule has 1 amide bonds. The number of likely N-dealkylation sites (tertiary alicyclic amines) is 1. The minimum absolute atomic E-state index is 0.435. The molecule has 1 heterocycles. The average molecular weight is 352 g/mol. The number of carbonyl (C=O) groups excluding carboxylic acids is 1. The number of piperidine rings is 1. The van der Waals surface area contributed by atoms with Crippen LogP contribution in [0.5, 0.6) is 0 Å². The van der Waals surface area contributed by atoms with E-state index in [4.69, 9.17) is 5.73 Å². The number of nitrogens with two attached hydrogens (primary N) is 1. The Balaban J connectivity index is 1.74. The van der Waals surface area contributed by atoms with Crippen molar-refractivity contribution in [2.75, 3.05) is 13.1 Å². The summed E-state index contributed by atoms with van der Waals surface area (Å²) in [5.41, 5.74) is 8.00. The Morgan fingerprint density at radius 2 is 1.81 bits per heavy atom. The molecule has 0 aliphatic carbocycles. The van der Waals surface area contributed by atoms with Gasteiger partial charge >= 0.3 is 5.97 Å². The zero-order valence-electron chi connectivity index (χ0n) is 14.9. The first kappa shape index (κ1) is 18.1. The molecule has 0 bridgehead atoms. The molecule has 0 spiro atoms. The maximum Gasteiger partial charge on any atom is 0.314 e. The van der Waals surface area contributed by atoms with Crippen molar-refractivity contribution < 1.29 is 14.7 Å². The monoisotopic (exact) mass is 352 g/mol. The van der Waals surface area contributed by atoms with Crippen LogP contribution in [-0.4, -0.2) is 35.0 Å². The van der Waals surface area contributed by atoms with Crippen molar-refractivity contribution in [3.05, 3.63) is 70.8 Å². The van der Waals surface area contributed by atoms with Gasteiger partial charge in [0, 0.05) is 12.1 Å². The van der Waals surface area contributed by atoms with Crippen LogP contribution in [0, 0.1) is 6.92 Å². The van der Waals surface area contributed by atoms with E-state index in [-0.39, 0.29) is 0 Å². The highest BCUT2D eigenvalue weighted by molar-refractivity contribution is 5.92. The summed E-state index contributed by atoms with van der Waals surface area (Å²) in [6, 6.07) is 15.1. The standard InChI is InChI=1S/C21H24N2O3/c1-15-4-2-7-18(12-15)21(20(25)26)8-10-23(11-9-21)14-16-5-3-6-17(13-16)19(22)24/h2-7,12-13H,8-11,14H2,1H3,(H2,22,24)(H,25,26). The second-order valence-electron chi connectivity index (χ2n) is 7.10. The zero-order valence-corrected chi connectivity index (χ0v) is 14.9. The molecule has 1 aliphatic rings. The van der Waals surface area contributed by atoms with Gasteiger partial charge in [0.05, 0.1) is 5.41 Å². The molecule has 1 fully saturated rings. The molecule has 2 aromatic rings.